The van der Waals surface area contributed by atoms with Crippen molar-refractivity contribution in [2.75, 3.05) is 26.3 Å². The maximum atomic E-state index is 12.6. The summed E-state index contributed by atoms with van der Waals surface area (Å²) < 4.78 is 19.0. The van der Waals surface area contributed by atoms with Gasteiger partial charge in [-0.15, -0.1) is 0 Å². The molecule has 2 aromatic heterocycles. The topological polar surface area (TPSA) is 68.9 Å². The highest BCUT2D eigenvalue weighted by atomic mass is 16.6. The van der Waals surface area contributed by atoms with Gasteiger partial charge in [-0.2, -0.15) is 0 Å². The van der Waals surface area contributed by atoms with Gasteiger partial charge in [-0.1, -0.05) is 6.07 Å². The summed E-state index contributed by atoms with van der Waals surface area (Å²) >= 11 is 0. The van der Waals surface area contributed by atoms with E-state index in [1.54, 1.807) is 6.26 Å². The van der Waals surface area contributed by atoms with Crippen LogP contribution >= 0.6 is 0 Å². The van der Waals surface area contributed by atoms with Crippen LogP contribution in [-0.4, -0.2) is 41.7 Å². The second-order valence-electron chi connectivity index (χ2n) is 7.26. The lowest BCUT2D eigenvalue weighted by molar-refractivity contribution is -0.123. The molecule has 0 aliphatic carbocycles. The van der Waals surface area contributed by atoms with Crippen molar-refractivity contribution in [2.45, 2.75) is 19.1 Å². The van der Waals surface area contributed by atoms with Crippen molar-refractivity contribution in [1.82, 2.24) is 14.8 Å². The number of hydrogen-bond donors (Lipinski definition) is 1. The van der Waals surface area contributed by atoms with Crippen LogP contribution in [0.5, 0.6) is 11.5 Å². The second-order valence-corrected chi connectivity index (χ2v) is 7.26. The lowest BCUT2D eigenvalue weighted by Gasteiger charge is -2.37. The van der Waals surface area contributed by atoms with Gasteiger partial charge in [0.25, 0.3) is 0 Å². The molecule has 2 aliphatic rings. The van der Waals surface area contributed by atoms with Crippen LogP contribution in [-0.2, 0) is 17.9 Å². The smallest absolute Gasteiger partial charge is 0.234 e. The van der Waals surface area contributed by atoms with Crippen LogP contribution in [0.4, 0.5) is 0 Å². The van der Waals surface area contributed by atoms with Gasteiger partial charge < -0.3 is 23.8 Å². The highest BCUT2D eigenvalue weighted by molar-refractivity contribution is 5.78. The second kappa shape index (κ2) is 7.67. The van der Waals surface area contributed by atoms with Crippen molar-refractivity contribution in [3.05, 3.63) is 71.9 Å². The summed E-state index contributed by atoms with van der Waals surface area (Å²) in [5.41, 5.74) is 2.26. The number of aromatic nitrogens is 1. The molecular weight excluding hydrogens is 370 g/mol. The molecule has 0 bridgehead atoms. The van der Waals surface area contributed by atoms with Gasteiger partial charge in [-0.25, -0.2) is 0 Å². The van der Waals surface area contributed by atoms with E-state index < -0.39 is 0 Å². The fraction of sp³-hybridized carbons (Fsp3) is 0.318. The Morgan fingerprint density at radius 2 is 1.97 bits per heavy atom. The van der Waals surface area contributed by atoms with E-state index in [0.29, 0.717) is 26.3 Å². The predicted molar refractivity (Wildman–Crippen MR) is 106 cm³/mol. The van der Waals surface area contributed by atoms with E-state index in [9.17, 15) is 4.79 Å². The zero-order chi connectivity index (χ0) is 19.6. The summed E-state index contributed by atoms with van der Waals surface area (Å²) in [6.45, 7) is 3.47. The molecule has 1 unspecified atom stereocenters. The molecule has 5 rings (SSSR count). The highest BCUT2D eigenvalue weighted by Gasteiger charge is 2.31. The summed E-state index contributed by atoms with van der Waals surface area (Å²) in [4.78, 5) is 14.8. The summed E-state index contributed by atoms with van der Waals surface area (Å²) in [6.07, 6.45) is 3.70. The summed E-state index contributed by atoms with van der Waals surface area (Å²) in [5, 5.41) is 2.95. The fourth-order valence-corrected chi connectivity index (χ4v) is 4.05. The molecule has 1 atom stereocenters. The number of nitrogens with one attached hydrogen (secondary N) is 1. The van der Waals surface area contributed by atoms with Gasteiger partial charge in [0.2, 0.25) is 5.91 Å². The minimum atomic E-state index is -0.0241. The average Bonchev–Trinajstić information content (AvgIpc) is 3.43. The Morgan fingerprint density at radius 3 is 2.83 bits per heavy atom. The quantitative estimate of drug-likeness (QED) is 0.722. The molecule has 0 radical (unpaired) electrons. The molecule has 0 spiro atoms. The van der Waals surface area contributed by atoms with Crippen LogP contribution in [0.15, 0.2) is 59.3 Å². The number of ether oxygens (including phenoxy) is 2. The minimum absolute atomic E-state index is 0.0241. The third-order valence-electron chi connectivity index (χ3n) is 5.41. The number of amides is 1. The summed E-state index contributed by atoms with van der Waals surface area (Å²) in [7, 11) is 0. The van der Waals surface area contributed by atoms with Gasteiger partial charge >= 0.3 is 0 Å². The lowest BCUT2D eigenvalue weighted by atomic mass is 9.99. The van der Waals surface area contributed by atoms with Crippen molar-refractivity contribution < 1.29 is 18.7 Å². The van der Waals surface area contributed by atoms with Crippen LogP contribution in [0.2, 0.25) is 0 Å². The molecular formula is C22H23N3O4. The molecule has 2 aliphatic heterocycles. The third-order valence-corrected chi connectivity index (χ3v) is 5.41. The number of hydrogen-bond acceptors (Lipinski definition) is 5. The molecule has 1 amide bonds. The van der Waals surface area contributed by atoms with Crippen LogP contribution < -0.4 is 14.8 Å². The first-order chi connectivity index (χ1) is 14.3. The first-order valence-electron chi connectivity index (χ1n) is 9.85. The van der Waals surface area contributed by atoms with Gasteiger partial charge in [-0.3, -0.25) is 9.69 Å². The van der Waals surface area contributed by atoms with E-state index in [4.69, 9.17) is 13.9 Å². The van der Waals surface area contributed by atoms with Gasteiger partial charge in [0.05, 0.1) is 25.4 Å². The van der Waals surface area contributed by atoms with E-state index in [1.165, 1.54) is 5.69 Å². The Hall–Kier alpha value is -3.19. The Bertz CT molecular complexity index is 995. The molecule has 29 heavy (non-hydrogen) atoms. The zero-order valence-corrected chi connectivity index (χ0v) is 16.0. The highest BCUT2D eigenvalue weighted by Crippen LogP contribution is 2.38. The van der Waals surface area contributed by atoms with Crippen LogP contribution in [0, 0.1) is 0 Å². The van der Waals surface area contributed by atoms with E-state index in [0.717, 1.165) is 35.9 Å². The van der Waals surface area contributed by atoms with Crippen molar-refractivity contribution in [3.63, 3.8) is 0 Å². The van der Waals surface area contributed by atoms with E-state index >= 15 is 0 Å². The molecule has 1 N–H and O–H groups in total. The van der Waals surface area contributed by atoms with Gasteiger partial charge in [0.1, 0.15) is 19.0 Å². The lowest BCUT2D eigenvalue weighted by Crippen LogP contribution is -2.44. The van der Waals surface area contributed by atoms with Crippen LogP contribution in [0.3, 0.4) is 0 Å². The van der Waals surface area contributed by atoms with E-state index in [1.807, 2.05) is 24.3 Å². The number of carbonyl (C=O) groups is 1. The number of fused-ring (bicyclic) bond motifs is 2. The number of rotatable bonds is 5. The average molecular weight is 393 g/mol. The van der Waals surface area contributed by atoms with E-state index in [2.05, 4.69) is 39.2 Å². The Balaban J connectivity index is 1.38. The first kappa shape index (κ1) is 17.9. The SMILES string of the molecule is O=C(CN1CCn2cccc2C1c1ccc2c(c1)OCCO2)NCc1ccco1. The molecule has 0 saturated carbocycles. The molecule has 0 fully saturated rings. The molecule has 3 aromatic rings. The van der Waals surface area contributed by atoms with Gasteiger partial charge in [0, 0.05) is 25.0 Å². The van der Waals surface area contributed by atoms with Crippen molar-refractivity contribution in [1.29, 1.82) is 0 Å². The van der Waals surface area contributed by atoms with Gasteiger partial charge in [-0.05, 0) is 42.0 Å². The summed E-state index contributed by atoms with van der Waals surface area (Å²) in [6, 6.07) is 13.9. The molecule has 4 heterocycles. The molecule has 7 nitrogen and oxygen atoms in total. The van der Waals surface area contributed by atoms with Crippen molar-refractivity contribution in [3.8, 4) is 11.5 Å². The maximum absolute atomic E-state index is 12.6. The standard InChI is InChI=1S/C22H23N3O4/c26-21(23-14-17-3-2-10-27-17)15-25-9-8-24-7-1-4-18(24)22(25)16-5-6-19-20(13-16)29-12-11-28-19/h1-7,10,13,22H,8-9,11-12,14-15H2,(H,23,26). The Labute approximate surface area is 168 Å². The molecule has 0 saturated heterocycles. The Morgan fingerprint density at radius 1 is 1.07 bits per heavy atom. The number of carbonyl (C=O) groups excluding carboxylic acids is 1. The number of benzene rings is 1. The van der Waals surface area contributed by atoms with Gasteiger partial charge in [0.15, 0.2) is 11.5 Å². The monoisotopic (exact) mass is 393 g/mol. The van der Waals surface area contributed by atoms with Crippen LogP contribution in [0.25, 0.3) is 0 Å². The largest absolute Gasteiger partial charge is 0.486 e. The van der Waals surface area contributed by atoms with Crippen molar-refractivity contribution in [2.24, 2.45) is 0 Å². The zero-order valence-electron chi connectivity index (χ0n) is 16.0. The minimum Gasteiger partial charge on any atom is -0.486 e. The van der Waals surface area contributed by atoms with E-state index in [-0.39, 0.29) is 11.9 Å². The fourth-order valence-electron chi connectivity index (χ4n) is 4.05. The number of furan rings is 1. The summed E-state index contributed by atoms with van der Waals surface area (Å²) in [5.74, 6) is 2.26. The third kappa shape index (κ3) is 3.61. The normalized spacial score (nSPS) is 18.3. The molecule has 7 heteroatoms. The van der Waals surface area contributed by atoms with Crippen LogP contribution in [0.1, 0.15) is 23.1 Å². The molecule has 1 aromatic carbocycles. The van der Waals surface area contributed by atoms with Crippen molar-refractivity contribution >= 4 is 5.91 Å². The number of nitrogens with zero attached hydrogens (tertiary/aromatic N) is 2. The Kier molecular flexibility index (Phi) is 4.73. The first-order valence-corrected chi connectivity index (χ1v) is 9.85. The predicted octanol–water partition coefficient (Wildman–Crippen LogP) is 2.57. The maximum Gasteiger partial charge on any atom is 0.234 e. The molecule has 150 valence electrons.